The number of alkyl halides is 3. The lowest BCUT2D eigenvalue weighted by Crippen LogP contribution is -2.45. The molecule has 1 aliphatic rings. The summed E-state index contributed by atoms with van der Waals surface area (Å²) in [5, 5.41) is 7.57. The second-order valence-electron chi connectivity index (χ2n) is 11.0. The van der Waals surface area contributed by atoms with E-state index in [1.807, 2.05) is 23.3 Å². The first-order valence-corrected chi connectivity index (χ1v) is 15.3. The summed E-state index contributed by atoms with van der Waals surface area (Å²) < 4.78 is 42.2. The number of hydrogen-bond donors (Lipinski definition) is 2. The van der Waals surface area contributed by atoms with Gasteiger partial charge in [-0.15, -0.1) is 11.3 Å². The molecule has 0 unspecified atom stereocenters. The summed E-state index contributed by atoms with van der Waals surface area (Å²) in [6.45, 7) is 9.97. The Bertz CT molecular complexity index is 1660. The summed E-state index contributed by atoms with van der Waals surface area (Å²) in [7, 11) is 0. The summed E-state index contributed by atoms with van der Waals surface area (Å²) in [5.41, 5.74) is 3.10. The monoisotopic (exact) mass is 621 g/mol. The lowest BCUT2D eigenvalue weighted by Gasteiger charge is -2.34. The smallest absolute Gasteiger partial charge is 0.322 e. The van der Waals surface area contributed by atoms with Crippen LogP contribution in [0.1, 0.15) is 49.9 Å². The van der Waals surface area contributed by atoms with Gasteiger partial charge >= 0.3 is 6.18 Å². The van der Waals surface area contributed by atoms with Crippen LogP contribution in [0.25, 0.3) is 10.4 Å². The van der Waals surface area contributed by atoms with E-state index in [2.05, 4.69) is 27.4 Å². The van der Waals surface area contributed by atoms with Crippen molar-refractivity contribution < 1.29 is 22.8 Å². The van der Waals surface area contributed by atoms with Crippen molar-refractivity contribution in [1.82, 2.24) is 14.8 Å². The zero-order valence-corrected chi connectivity index (χ0v) is 25.6. The number of thiophene rings is 1. The van der Waals surface area contributed by atoms with Crippen LogP contribution in [0.15, 0.2) is 66.3 Å². The Labute approximate surface area is 258 Å². The lowest BCUT2D eigenvalue weighted by molar-refractivity contribution is -0.138. The van der Waals surface area contributed by atoms with Crippen LogP contribution in [0.4, 0.5) is 24.5 Å². The van der Waals surface area contributed by atoms with Crippen LogP contribution in [0.5, 0.6) is 0 Å². The van der Waals surface area contributed by atoms with Crippen LogP contribution >= 0.6 is 11.3 Å². The van der Waals surface area contributed by atoms with Gasteiger partial charge in [-0.1, -0.05) is 19.1 Å². The van der Waals surface area contributed by atoms with Gasteiger partial charge in [0, 0.05) is 72.5 Å². The molecule has 11 heteroatoms. The van der Waals surface area contributed by atoms with E-state index in [4.69, 9.17) is 0 Å². The molecule has 1 aliphatic heterocycles. The molecule has 1 saturated heterocycles. The number of nitrogens with one attached hydrogen (secondary N) is 2. The second kappa shape index (κ2) is 13.3. The van der Waals surface area contributed by atoms with Crippen LogP contribution in [0.2, 0.25) is 0 Å². The maximum atomic E-state index is 14.1. The normalized spacial score (nSPS) is 14.4. The van der Waals surface area contributed by atoms with Gasteiger partial charge in [-0.2, -0.15) is 13.2 Å². The van der Waals surface area contributed by atoms with Gasteiger partial charge in [0.25, 0.3) is 11.8 Å². The molecule has 2 amide bonds. The molecule has 0 spiro atoms. The average molecular weight is 622 g/mol. The number of rotatable bonds is 8. The number of benzene rings is 2. The molecule has 7 nitrogen and oxygen atoms in total. The van der Waals surface area contributed by atoms with Gasteiger partial charge in [-0.25, -0.2) is 0 Å². The molecule has 230 valence electrons. The highest BCUT2D eigenvalue weighted by atomic mass is 32.1. The predicted octanol–water partition coefficient (Wildman–Crippen LogP) is 7.09. The van der Waals surface area contributed by atoms with Gasteiger partial charge in [-0.3, -0.25) is 19.5 Å². The first-order valence-electron chi connectivity index (χ1n) is 14.4. The second-order valence-corrected chi connectivity index (χ2v) is 11.9. The first-order chi connectivity index (χ1) is 21.0. The van der Waals surface area contributed by atoms with Gasteiger partial charge in [-0.05, 0) is 78.9 Å². The van der Waals surface area contributed by atoms with E-state index >= 15 is 0 Å². The van der Waals surface area contributed by atoms with E-state index in [9.17, 15) is 22.8 Å². The highest BCUT2D eigenvalue weighted by Crippen LogP contribution is 2.34. The Balaban J connectivity index is 1.29. The van der Waals surface area contributed by atoms with E-state index in [1.54, 1.807) is 48.7 Å². The van der Waals surface area contributed by atoms with Gasteiger partial charge in [0.1, 0.15) is 0 Å². The molecule has 3 heterocycles. The first kappa shape index (κ1) is 31.4. The number of likely N-dealkylation sites (N-methyl/N-ethyl adjacent to an activating group) is 1. The molecule has 0 bridgehead atoms. The molecular formula is C33H34F3N5O2S. The minimum atomic E-state index is -4.60. The number of pyridine rings is 1. The van der Waals surface area contributed by atoms with Gasteiger partial charge in [0.2, 0.25) is 0 Å². The third kappa shape index (κ3) is 7.53. The Morgan fingerprint density at radius 1 is 0.886 bits per heavy atom. The average Bonchev–Trinajstić information content (AvgIpc) is 3.45. The molecular weight excluding hydrogens is 587 g/mol. The molecule has 2 aromatic heterocycles. The molecule has 4 aromatic rings. The lowest BCUT2D eigenvalue weighted by atomic mass is 10.0. The molecule has 5 rings (SSSR count). The number of nitrogens with zero attached hydrogens (tertiary/aromatic N) is 3. The third-order valence-electron chi connectivity index (χ3n) is 7.74. The summed E-state index contributed by atoms with van der Waals surface area (Å²) in [5.74, 6) is -1.05. The molecule has 2 N–H and O–H groups in total. The Kier molecular flexibility index (Phi) is 9.48. The maximum absolute atomic E-state index is 14.1. The molecule has 2 aromatic carbocycles. The molecule has 0 radical (unpaired) electrons. The van der Waals surface area contributed by atoms with Crippen molar-refractivity contribution in [3.05, 3.63) is 99.7 Å². The quantitative estimate of drug-likeness (QED) is 0.220. The van der Waals surface area contributed by atoms with Crippen LogP contribution in [-0.4, -0.2) is 59.3 Å². The SMILES string of the molecule is CCN1CCN(Cc2ccc(C(=O)Nc3ccc(C)c(NC(=O)c4cncc(-c5cc(C)cs5)c4)c3)cc2C(F)(F)F)CC1. The minimum absolute atomic E-state index is 0.102. The standard InChI is InChI=1S/C33H34F3N5O2S/c1-4-40-9-11-41(12-10-40)19-24-7-6-23(15-28(24)33(34,35)36)31(42)38-27-8-5-22(3)29(16-27)39-32(43)26-14-25(17-37-18-26)30-13-21(2)20-44-30/h5-8,13-18,20H,4,9-12,19H2,1-3H3,(H,38,42)(H,39,43). The number of halogens is 3. The summed E-state index contributed by atoms with van der Waals surface area (Å²) in [6, 6.07) is 12.5. The number of carbonyl (C=O) groups is 2. The van der Waals surface area contributed by atoms with E-state index in [-0.39, 0.29) is 23.6 Å². The van der Waals surface area contributed by atoms with Crippen molar-refractivity contribution in [2.24, 2.45) is 0 Å². The Morgan fingerprint density at radius 2 is 1.61 bits per heavy atom. The van der Waals surface area contributed by atoms with Crippen LogP contribution < -0.4 is 10.6 Å². The van der Waals surface area contributed by atoms with Crippen molar-refractivity contribution in [2.75, 3.05) is 43.4 Å². The molecule has 0 aliphatic carbocycles. The minimum Gasteiger partial charge on any atom is -0.322 e. The summed E-state index contributed by atoms with van der Waals surface area (Å²) in [6.07, 6.45) is -1.42. The van der Waals surface area contributed by atoms with Crippen molar-refractivity contribution in [3.8, 4) is 10.4 Å². The molecule has 44 heavy (non-hydrogen) atoms. The fourth-order valence-electron chi connectivity index (χ4n) is 5.14. The van der Waals surface area contributed by atoms with Gasteiger partial charge < -0.3 is 15.5 Å². The number of anilines is 2. The highest BCUT2D eigenvalue weighted by Gasteiger charge is 2.34. The number of carbonyl (C=O) groups excluding carboxylic acids is 2. The van der Waals surface area contributed by atoms with Crippen molar-refractivity contribution in [1.29, 1.82) is 0 Å². The number of aromatic nitrogens is 1. The van der Waals surface area contributed by atoms with E-state index in [0.29, 0.717) is 30.0 Å². The predicted molar refractivity (Wildman–Crippen MR) is 168 cm³/mol. The maximum Gasteiger partial charge on any atom is 0.416 e. The topological polar surface area (TPSA) is 77.6 Å². The zero-order chi connectivity index (χ0) is 31.4. The fourth-order valence-corrected chi connectivity index (χ4v) is 6.02. The molecule has 0 atom stereocenters. The van der Waals surface area contributed by atoms with Gasteiger partial charge in [0.15, 0.2) is 0 Å². The molecule has 0 saturated carbocycles. The fraction of sp³-hybridized carbons (Fsp3) is 0.303. The summed E-state index contributed by atoms with van der Waals surface area (Å²) in [4.78, 5) is 35.7. The molecule has 1 fully saturated rings. The van der Waals surface area contributed by atoms with Gasteiger partial charge in [0.05, 0.1) is 11.1 Å². The van der Waals surface area contributed by atoms with Crippen molar-refractivity contribution in [3.63, 3.8) is 0 Å². The van der Waals surface area contributed by atoms with Crippen LogP contribution in [-0.2, 0) is 12.7 Å². The highest BCUT2D eigenvalue weighted by molar-refractivity contribution is 7.13. The Hall–Kier alpha value is -4.06. The van der Waals surface area contributed by atoms with E-state index in [0.717, 1.165) is 47.3 Å². The van der Waals surface area contributed by atoms with E-state index < -0.39 is 17.6 Å². The van der Waals surface area contributed by atoms with Crippen molar-refractivity contribution >= 4 is 34.5 Å². The van der Waals surface area contributed by atoms with Crippen molar-refractivity contribution in [2.45, 2.75) is 33.5 Å². The zero-order valence-electron chi connectivity index (χ0n) is 24.8. The Morgan fingerprint density at radius 3 is 2.30 bits per heavy atom. The third-order valence-corrected chi connectivity index (χ3v) is 8.84. The van der Waals surface area contributed by atoms with Crippen LogP contribution in [0, 0.1) is 13.8 Å². The number of amides is 2. The number of aryl methyl sites for hydroxylation is 2. The summed E-state index contributed by atoms with van der Waals surface area (Å²) >= 11 is 1.57. The number of piperazine rings is 1. The van der Waals surface area contributed by atoms with E-state index in [1.165, 1.54) is 18.3 Å². The largest absolute Gasteiger partial charge is 0.416 e. The number of hydrogen-bond acceptors (Lipinski definition) is 6. The van der Waals surface area contributed by atoms with Crippen LogP contribution in [0.3, 0.4) is 0 Å².